The van der Waals surface area contributed by atoms with Crippen molar-refractivity contribution in [1.29, 1.82) is 0 Å². The second-order valence-electron chi connectivity index (χ2n) is 3.22. The number of carboxylic acids is 1. The summed E-state index contributed by atoms with van der Waals surface area (Å²) >= 11 is 3.03. The molecule has 2 nitrogen and oxygen atoms in total. The van der Waals surface area contributed by atoms with Crippen LogP contribution in [0.15, 0.2) is 21.7 Å². The van der Waals surface area contributed by atoms with E-state index in [2.05, 4.69) is 22.0 Å². The van der Waals surface area contributed by atoms with E-state index in [4.69, 9.17) is 5.11 Å². The van der Waals surface area contributed by atoms with Gasteiger partial charge in [-0.05, 0) is 49.5 Å². The SMILES string of the molecule is CC(C)=CCC/C(C)=C(/Br)C(=O)O. The van der Waals surface area contributed by atoms with Crippen LogP contribution in [-0.2, 0) is 4.79 Å². The smallest absolute Gasteiger partial charge is 0.342 e. The highest BCUT2D eigenvalue weighted by Gasteiger charge is 2.05. The second-order valence-corrected chi connectivity index (χ2v) is 4.01. The van der Waals surface area contributed by atoms with Crippen LogP contribution in [-0.4, -0.2) is 11.1 Å². The van der Waals surface area contributed by atoms with Gasteiger partial charge in [-0.25, -0.2) is 4.79 Å². The fourth-order valence-corrected chi connectivity index (χ4v) is 1.07. The Bertz CT molecular complexity index is 248. The lowest BCUT2D eigenvalue weighted by Crippen LogP contribution is -1.96. The van der Waals surface area contributed by atoms with E-state index < -0.39 is 5.97 Å². The van der Waals surface area contributed by atoms with Crippen molar-refractivity contribution in [3.63, 3.8) is 0 Å². The fraction of sp³-hybridized carbons (Fsp3) is 0.500. The predicted octanol–water partition coefficient (Wildman–Crippen LogP) is 3.49. The zero-order valence-electron chi connectivity index (χ0n) is 8.22. The van der Waals surface area contributed by atoms with Gasteiger partial charge in [-0.2, -0.15) is 0 Å². The monoisotopic (exact) mass is 246 g/mol. The maximum Gasteiger partial charge on any atom is 0.342 e. The van der Waals surface area contributed by atoms with Gasteiger partial charge in [0.25, 0.3) is 0 Å². The van der Waals surface area contributed by atoms with Gasteiger partial charge in [-0.3, -0.25) is 0 Å². The largest absolute Gasteiger partial charge is 0.477 e. The minimum atomic E-state index is -0.894. The summed E-state index contributed by atoms with van der Waals surface area (Å²) in [6.07, 6.45) is 3.79. The molecule has 74 valence electrons. The minimum Gasteiger partial charge on any atom is -0.477 e. The van der Waals surface area contributed by atoms with Crippen LogP contribution in [0, 0.1) is 0 Å². The molecule has 1 N–H and O–H groups in total. The highest BCUT2D eigenvalue weighted by Crippen LogP contribution is 2.17. The highest BCUT2D eigenvalue weighted by atomic mass is 79.9. The zero-order valence-corrected chi connectivity index (χ0v) is 9.81. The number of halogens is 1. The Kier molecular flexibility index (Phi) is 5.71. The maximum atomic E-state index is 10.5. The van der Waals surface area contributed by atoms with Crippen molar-refractivity contribution >= 4 is 21.9 Å². The molecule has 0 amide bonds. The van der Waals surface area contributed by atoms with E-state index in [1.54, 1.807) is 0 Å². The second kappa shape index (κ2) is 5.97. The quantitative estimate of drug-likeness (QED) is 0.609. The molecule has 0 saturated heterocycles. The van der Waals surface area contributed by atoms with Gasteiger partial charge < -0.3 is 5.11 Å². The van der Waals surface area contributed by atoms with Gasteiger partial charge in [-0.1, -0.05) is 17.2 Å². The van der Waals surface area contributed by atoms with Gasteiger partial charge in [0, 0.05) is 0 Å². The number of allylic oxidation sites excluding steroid dienone is 3. The Labute approximate surface area is 87.5 Å². The van der Waals surface area contributed by atoms with Gasteiger partial charge >= 0.3 is 5.97 Å². The van der Waals surface area contributed by atoms with Crippen LogP contribution in [0.5, 0.6) is 0 Å². The molecule has 0 aliphatic heterocycles. The topological polar surface area (TPSA) is 37.3 Å². The van der Waals surface area contributed by atoms with E-state index in [0.717, 1.165) is 18.4 Å². The Balaban J connectivity index is 4.15. The van der Waals surface area contributed by atoms with Crippen molar-refractivity contribution in [3.8, 4) is 0 Å². The van der Waals surface area contributed by atoms with E-state index >= 15 is 0 Å². The van der Waals surface area contributed by atoms with Crippen molar-refractivity contribution in [2.24, 2.45) is 0 Å². The molecule has 0 rings (SSSR count). The number of carbonyl (C=O) groups is 1. The van der Waals surface area contributed by atoms with E-state index in [9.17, 15) is 4.79 Å². The number of carboxylic acid groups (broad SMARTS) is 1. The Morgan fingerprint density at radius 2 is 1.92 bits per heavy atom. The third-order valence-electron chi connectivity index (χ3n) is 1.63. The number of hydrogen-bond acceptors (Lipinski definition) is 1. The fourth-order valence-electron chi connectivity index (χ4n) is 0.870. The van der Waals surface area contributed by atoms with Gasteiger partial charge in [0.2, 0.25) is 0 Å². The summed E-state index contributed by atoms with van der Waals surface area (Å²) in [6.45, 7) is 5.90. The van der Waals surface area contributed by atoms with Crippen molar-refractivity contribution in [2.75, 3.05) is 0 Å². The molecule has 0 atom stereocenters. The lowest BCUT2D eigenvalue weighted by Gasteiger charge is -2.00. The first-order valence-corrected chi connectivity index (χ1v) is 4.96. The molecular weight excluding hydrogens is 232 g/mol. The minimum absolute atomic E-state index is 0.287. The molecule has 0 aliphatic carbocycles. The van der Waals surface area contributed by atoms with Gasteiger partial charge in [-0.15, -0.1) is 0 Å². The standard InChI is InChI=1S/C10H15BrO2/c1-7(2)5-4-6-8(3)9(11)10(12)13/h5H,4,6H2,1-3H3,(H,12,13)/b9-8+. The molecule has 0 unspecified atom stereocenters. The Morgan fingerprint density at radius 3 is 2.31 bits per heavy atom. The molecule has 0 fully saturated rings. The summed E-state index contributed by atoms with van der Waals surface area (Å²) < 4.78 is 0.287. The predicted molar refractivity (Wildman–Crippen MR) is 57.9 cm³/mol. The Morgan fingerprint density at radius 1 is 1.38 bits per heavy atom. The first kappa shape index (κ1) is 12.4. The van der Waals surface area contributed by atoms with Crippen LogP contribution in [0.25, 0.3) is 0 Å². The summed E-state index contributed by atoms with van der Waals surface area (Å²) in [6, 6.07) is 0. The molecule has 0 heterocycles. The number of aliphatic carboxylic acids is 1. The molecule has 3 heteroatoms. The van der Waals surface area contributed by atoms with E-state index in [0.29, 0.717) is 0 Å². The first-order chi connectivity index (χ1) is 5.95. The van der Waals surface area contributed by atoms with Crippen LogP contribution < -0.4 is 0 Å². The van der Waals surface area contributed by atoms with E-state index in [-0.39, 0.29) is 4.48 Å². The van der Waals surface area contributed by atoms with Crippen LogP contribution in [0.1, 0.15) is 33.6 Å². The van der Waals surface area contributed by atoms with Crippen LogP contribution in [0.2, 0.25) is 0 Å². The molecule has 0 spiro atoms. The maximum absolute atomic E-state index is 10.5. The van der Waals surface area contributed by atoms with Gasteiger partial charge in [0.15, 0.2) is 0 Å². The third kappa shape index (κ3) is 5.64. The summed E-state index contributed by atoms with van der Waals surface area (Å²) in [4.78, 5) is 10.5. The molecule has 0 radical (unpaired) electrons. The van der Waals surface area contributed by atoms with Crippen molar-refractivity contribution in [3.05, 3.63) is 21.7 Å². The van der Waals surface area contributed by atoms with Crippen LogP contribution in [0.3, 0.4) is 0 Å². The van der Waals surface area contributed by atoms with Gasteiger partial charge in [0.1, 0.15) is 4.48 Å². The molecule has 0 aromatic heterocycles. The Hall–Kier alpha value is -0.570. The average Bonchev–Trinajstić information content (AvgIpc) is 2.02. The molecular formula is C10H15BrO2. The van der Waals surface area contributed by atoms with E-state index in [1.165, 1.54) is 5.57 Å². The van der Waals surface area contributed by atoms with Gasteiger partial charge in [0.05, 0.1) is 0 Å². The normalized spacial score (nSPS) is 12.0. The first-order valence-electron chi connectivity index (χ1n) is 4.17. The summed E-state index contributed by atoms with van der Waals surface area (Å²) in [5, 5.41) is 8.64. The van der Waals surface area contributed by atoms with Crippen molar-refractivity contribution in [2.45, 2.75) is 33.6 Å². The van der Waals surface area contributed by atoms with Crippen molar-refractivity contribution in [1.82, 2.24) is 0 Å². The van der Waals surface area contributed by atoms with E-state index in [1.807, 2.05) is 20.8 Å². The zero-order chi connectivity index (χ0) is 10.4. The third-order valence-corrected chi connectivity index (χ3v) is 2.65. The molecule has 13 heavy (non-hydrogen) atoms. The molecule has 0 bridgehead atoms. The average molecular weight is 247 g/mol. The lowest BCUT2D eigenvalue weighted by atomic mass is 10.1. The lowest BCUT2D eigenvalue weighted by molar-refractivity contribution is -0.131. The highest BCUT2D eigenvalue weighted by molar-refractivity contribution is 9.12. The number of rotatable bonds is 4. The molecule has 0 aromatic rings. The molecule has 0 aromatic carbocycles. The van der Waals surface area contributed by atoms with Crippen molar-refractivity contribution < 1.29 is 9.90 Å². The number of hydrogen-bond donors (Lipinski definition) is 1. The summed E-state index contributed by atoms with van der Waals surface area (Å²) in [7, 11) is 0. The van der Waals surface area contributed by atoms with Crippen LogP contribution in [0.4, 0.5) is 0 Å². The molecule has 0 saturated carbocycles. The summed E-state index contributed by atoms with van der Waals surface area (Å²) in [5.74, 6) is -0.894. The summed E-state index contributed by atoms with van der Waals surface area (Å²) in [5.41, 5.74) is 2.14. The van der Waals surface area contributed by atoms with Crippen LogP contribution >= 0.6 is 15.9 Å². The molecule has 0 aliphatic rings.